The van der Waals surface area contributed by atoms with Crippen LogP contribution in [0, 0.1) is 0 Å². The summed E-state index contributed by atoms with van der Waals surface area (Å²) in [7, 11) is 3.43. The average molecular weight is 456 g/mol. The van der Waals surface area contributed by atoms with Gasteiger partial charge < -0.3 is 15.3 Å². The predicted octanol–water partition coefficient (Wildman–Crippen LogP) is 4.11. The second-order valence-electron chi connectivity index (χ2n) is 6.81. The highest BCUT2D eigenvalue weighted by atomic mass is 35.5. The van der Waals surface area contributed by atoms with Crippen LogP contribution >= 0.6 is 11.6 Å². The highest BCUT2D eigenvalue weighted by molar-refractivity contribution is 6.34. The number of aliphatic carboxylic acids is 1. The number of hydrogen-bond acceptors (Lipinski definition) is 4. The lowest BCUT2D eigenvalue weighted by Gasteiger charge is -2.15. The lowest BCUT2D eigenvalue weighted by atomic mass is 9.99. The number of pyridine rings is 1. The zero-order valence-corrected chi connectivity index (χ0v) is 17.6. The number of carboxylic acid groups (broad SMARTS) is 1. The topological polar surface area (TPSA) is 82.5 Å². The first-order chi connectivity index (χ1) is 14.5. The second-order valence-corrected chi connectivity index (χ2v) is 7.22. The quantitative estimate of drug-likeness (QED) is 0.727. The molecule has 6 nitrogen and oxygen atoms in total. The molecule has 3 rings (SSSR count). The summed E-state index contributed by atoms with van der Waals surface area (Å²) in [4.78, 5) is 27.0. The molecule has 2 heterocycles. The normalized spacial score (nSPS) is 13.5. The molecular weight excluding hydrogens is 435 g/mol. The van der Waals surface area contributed by atoms with Gasteiger partial charge >= 0.3 is 12.1 Å². The van der Waals surface area contributed by atoms with Crippen LogP contribution in [0.1, 0.15) is 22.3 Å². The van der Waals surface area contributed by atoms with Gasteiger partial charge in [-0.25, -0.2) is 4.79 Å². The predicted molar refractivity (Wildman–Crippen MR) is 112 cm³/mol. The van der Waals surface area contributed by atoms with Gasteiger partial charge in [-0.05, 0) is 48.4 Å². The Morgan fingerprint density at radius 3 is 2.35 bits per heavy atom. The number of rotatable bonds is 3. The van der Waals surface area contributed by atoms with Crippen molar-refractivity contribution in [2.24, 2.45) is 0 Å². The molecule has 0 spiro atoms. The van der Waals surface area contributed by atoms with Crippen LogP contribution in [0.15, 0.2) is 42.6 Å². The lowest BCUT2D eigenvalue weighted by Crippen LogP contribution is -2.21. The molecule has 0 unspecified atom stereocenters. The van der Waals surface area contributed by atoms with Crippen LogP contribution in [0.3, 0.4) is 0 Å². The van der Waals surface area contributed by atoms with E-state index in [0.29, 0.717) is 10.6 Å². The van der Waals surface area contributed by atoms with Crippen molar-refractivity contribution in [2.75, 3.05) is 27.2 Å². The number of alkyl halides is 3. The van der Waals surface area contributed by atoms with E-state index in [9.17, 15) is 18.0 Å². The first-order valence-corrected chi connectivity index (χ1v) is 9.56. The zero-order chi connectivity index (χ0) is 23.2. The standard InChI is InChI=1S/C19H20ClN3O.C2HF3O2/c1-23(2)19(24)16-4-3-15(11-17(16)20)18-12-14(7-10-22-18)13-5-8-21-9-6-13;3-2(4,5)1(6)7/h3-5,7,10-12,21H,6,8-9H2,1-2H3;(H,6,7). The summed E-state index contributed by atoms with van der Waals surface area (Å²) in [6.45, 7) is 1.90. The fourth-order valence-electron chi connectivity index (χ4n) is 2.76. The molecule has 2 aromatic rings. The molecule has 0 saturated heterocycles. The summed E-state index contributed by atoms with van der Waals surface area (Å²) in [5.41, 5.74) is 4.79. The molecule has 0 saturated carbocycles. The molecular formula is C21H21ClF3N3O3. The maximum absolute atomic E-state index is 12.1. The molecule has 1 aliphatic rings. The third kappa shape index (κ3) is 6.80. The Labute approximate surface area is 182 Å². The van der Waals surface area contributed by atoms with Gasteiger partial charge in [0.15, 0.2) is 0 Å². The third-order valence-corrected chi connectivity index (χ3v) is 4.65. The summed E-state index contributed by atoms with van der Waals surface area (Å²) < 4.78 is 31.7. The van der Waals surface area contributed by atoms with Gasteiger partial charge in [-0.2, -0.15) is 13.2 Å². The van der Waals surface area contributed by atoms with Gasteiger partial charge in [0.1, 0.15) is 0 Å². The van der Waals surface area contributed by atoms with Crippen molar-refractivity contribution in [3.63, 3.8) is 0 Å². The Balaban J connectivity index is 0.000000423. The highest BCUT2D eigenvalue weighted by Gasteiger charge is 2.38. The van der Waals surface area contributed by atoms with E-state index < -0.39 is 12.1 Å². The first kappa shape index (κ1) is 24.4. The molecule has 166 valence electrons. The molecule has 1 aliphatic heterocycles. The number of carboxylic acids is 1. The van der Waals surface area contributed by atoms with Crippen LogP contribution in [0.4, 0.5) is 13.2 Å². The van der Waals surface area contributed by atoms with E-state index in [0.717, 1.165) is 30.8 Å². The molecule has 1 aromatic heterocycles. The van der Waals surface area contributed by atoms with E-state index in [-0.39, 0.29) is 5.91 Å². The average Bonchev–Trinajstić information content (AvgIpc) is 2.73. The number of carbonyl (C=O) groups is 2. The number of hydrogen-bond donors (Lipinski definition) is 2. The Bertz CT molecular complexity index is 991. The van der Waals surface area contributed by atoms with Crippen molar-refractivity contribution < 1.29 is 27.9 Å². The third-order valence-electron chi connectivity index (χ3n) is 4.34. The fourth-order valence-corrected chi connectivity index (χ4v) is 3.02. The molecule has 0 radical (unpaired) electrons. The van der Waals surface area contributed by atoms with E-state index in [2.05, 4.69) is 22.4 Å². The summed E-state index contributed by atoms with van der Waals surface area (Å²) >= 11 is 6.31. The SMILES string of the molecule is CN(C)C(=O)c1ccc(-c2cc(C3=CCNCC3)ccn2)cc1Cl.O=C(O)C(F)(F)F. The Kier molecular flexibility index (Phi) is 8.18. The number of nitrogens with one attached hydrogen (secondary N) is 1. The van der Waals surface area contributed by atoms with Gasteiger partial charge in [0.25, 0.3) is 5.91 Å². The monoisotopic (exact) mass is 455 g/mol. The Hall–Kier alpha value is -2.91. The summed E-state index contributed by atoms with van der Waals surface area (Å²) in [5.74, 6) is -2.86. The molecule has 0 aliphatic carbocycles. The van der Waals surface area contributed by atoms with Crippen molar-refractivity contribution in [1.29, 1.82) is 0 Å². The van der Waals surface area contributed by atoms with Crippen molar-refractivity contribution in [2.45, 2.75) is 12.6 Å². The van der Waals surface area contributed by atoms with Crippen molar-refractivity contribution in [3.05, 3.63) is 58.8 Å². The second kappa shape index (κ2) is 10.4. The van der Waals surface area contributed by atoms with E-state index in [1.54, 1.807) is 26.2 Å². The van der Waals surface area contributed by atoms with Crippen molar-refractivity contribution in [3.8, 4) is 11.3 Å². The number of aromatic nitrogens is 1. The van der Waals surface area contributed by atoms with Crippen LogP contribution in [0.25, 0.3) is 16.8 Å². The minimum Gasteiger partial charge on any atom is -0.475 e. The van der Waals surface area contributed by atoms with E-state index in [1.807, 2.05) is 18.3 Å². The lowest BCUT2D eigenvalue weighted by molar-refractivity contribution is -0.192. The van der Waals surface area contributed by atoms with Crippen LogP contribution in [0.2, 0.25) is 5.02 Å². The Morgan fingerprint density at radius 2 is 1.84 bits per heavy atom. The zero-order valence-electron chi connectivity index (χ0n) is 16.8. The molecule has 0 atom stereocenters. The number of halogens is 4. The van der Waals surface area contributed by atoms with E-state index in [1.165, 1.54) is 16.0 Å². The van der Waals surface area contributed by atoms with Crippen LogP contribution < -0.4 is 5.32 Å². The van der Waals surface area contributed by atoms with Crippen molar-refractivity contribution >= 4 is 29.1 Å². The number of nitrogens with zero attached hydrogens (tertiary/aromatic N) is 2. The van der Waals surface area contributed by atoms with E-state index >= 15 is 0 Å². The first-order valence-electron chi connectivity index (χ1n) is 9.18. The summed E-state index contributed by atoms with van der Waals surface area (Å²) in [6, 6.07) is 9.58. The van der Waals surface area contributed by atoms with Gasteiger partial charge in [-0.1, -0.05) is 23.7 Å². The molecule has 1 aromatic carbocycles. The minimum atomic E-state index is -5.08. The maximum Gasteiger partial charge on any atom is 0.490 e. The van der Waals surface area contributed by atoms with Crippen molar-refractivity contribution in [1.82, 2.24) is 15.2 Å². The highest BCUT2D eigenvalue weighted by Crippen LogP contribution is 2.28. The minimum absolute atomic E-state index is 0.104. The molecule has 10 heteroatoms. The van der Waals surface area contributed by atoms with Crippen LogP contribution in [-0.2, 0) is 4.79 Å². The van der Waals surface area contributed by atoms with Gasteiger partial charge in [0.05, 0.1) is 16.3 Å². The van der Waals surface area contributed by atoms with Gasteiger partial charge in [-0.15, -0.1) is 0 Å². The van der Waals surface area contributed by atoms with Crippen LogP contribution in [-0.4, -0.2) is 60.2 Å². The molecule has 2 N–H and O–H groups in total. The smallest absolute Gasteiger partial charge is 0.475 e. The Morgan fingerprint density at radius 1 is 1.16 bits per heavy atom. The summed E-state index contributed by atoms with van der Waals surface area (Å²) in [6.07, 6.45) is -0.0325. The summed E-state index contributed by atoms with van der Waals surface area (Å²) in [5, 5.41) is 10.9. The number of amides is 1. The maximum atomic E-state index is 12.1. The van der Waals surface area contributed by atoms with Gasteiger partial charge in [0.2, 0.25) is 0 Å². The van der Waals surface area contributed by atoms with Gasteiger partial charge in [0, 0.05) is 32.4 Å². The van der Waals surface area contributed by atoms with Crippen LogP contribution in [0.5, 0.6) is 0 Å². The van der Waals surface area contributed by atoms with Gasteiger partial charge in [-0.3, -0.25) is 9.78 Å². The van der Waals surface area contributed by atoms with E-state index in [4.69, 9.17) is 21.5 Å². The molecule has 31 heavy (non-hydrogen) atoms. The number of benzene rings is 1. The molecule has 1 amide bonds. The number of carbonyl (C=O) groups excluding carboxylic acids is 1. The largest absolute Gasteiger partial charge is 0.490 e. The molecule has 0 fully saturated rings. The fraction of sp³-hybridized carbons (Fsp3) is 0.286. The molecule has 0 bridgehead atoms.